The van der Waals surface area contributed by atoms with Crippen molar-refractivity contribution < 1.29 is 13.2 Å². The molecule has 0 aromatic carbocycles. The average Bonchev–Trinajstić information content (AvgIpc) is 2.78. The zero-order valence-corrected chi connectivity index (χ0v) is 7.67. The van der Waals surface area contributed by atoms with Crippen LogP contribution in [0.5, 0.6) is 0 Å². The zero-order valence-electron chi connectivity index (χ0n) is 7.67. The van der Waals surface area contributed by atoms with Crippen LogP contribution in [0.2, 0.25) is 0 Å². The Morgan fingerprint density at radius 1 is 1.46 bits per heavy atom. The highest BCUT2D eigenvalue weighted by Crippen LogP contribution is 2.61. The first kappa shape index (κ1) is 10.4. The Morgan fingerprint density at radius 3 is 2.31 bits per heavy atom. The summed E-state index contributed by atoms with van der Waals surface area (Å²) in [6.45, 7) is 5.94. The van der Waals surface area contributed by atoms with Crippen LogP contribution < -0.4 is 5.32 Å². The topological polar surface area (TPSA) is 12.0 Å². The van der Waals surface area contributed by atoms with Gasteiger partial charge in [-0.05, 0) is 19.3 Å². The number of hydrogen-bond donors (Lipinski definition) is 1. The molecule has 0 aromatic rings. The molecular weight excluding hydrogens is 179 g/mol. The van der Waals surface area contributed by atoms with E-state index < -0.39 is 11.6 Å². The predicted octanol–water partition coefficient (Wildman–Crippen LogP) is 2.84. The minimum absolute atomic E-state index is 0.141. The molecule has 1 nitrogen and oxygen atoms in total. The van der Waals surface area contributed by atoms with E-state index in [4.69, 9.17) is 0 Å². The van der Waals surface area contributed by atoms with Crippen molar-refractivity contribution in [3.8, 4) is 0 Å². The van der Waals surface area contributed by atoms with Crippen molar-refractivity contribution >= 4 is 0 Å². The van der Waals surface area contributed by atoms with E-state index >= 15 is 0 Å². The lowest BCUT2D eigenvalue weighted by Crippen LogP contribution is -2.32. The Labute approximate surface area is 76.0 Å². The maximum Gasteiger partial charge on any atom is 0.399 e. The van der Waals surface area contributed by atoms with Crippen LogP contribution in [-0.4, -0.2) is 12.7 Å². The minimum Gasteiger partial charge on any atom is -0.388 e. The lowest BCUT2D eigenvalue weighted by atomic mass is 10.0. The van der Waals surface area contributed by atoms with Crippen LogP contribution >= 0.6 is 0 Å². The maximum atomic E-state index is 12.5. The van der Waals surface area contributed by atoms with E-state index in [0.29, 0.717) is 6.54 Å². The van der Waals surface area contributed by atoms with Crippen molar-refractivity contribution in [2.75, 3.05) is 6.54 Å². The van der Waals surface area contributed by atoms with Gasteiger partial charge in [0.2, 0.25) is 0 Å². The van der Waals surface area contributed by atoms with Crippen LogP contribution in [0.4, 0.5) is 13.2 Å². The van der Waals surface area contributed by atoms with E-state index in [-0.39, 0.29) is 18.5 Å². The lowest BCUT2D eigenvalue weighted by molar-refractivity contribution is -0.176. The largest absolute Gasteiger partial charge is 0.399 e. The van der Waals surface area contributed by atoms with Gasteiger partial charge in [-0.15, -0.1) is 0 Å². The highest BCUT2D eigenvalue weighted by Gasteiger charge is 2.65. The third-order valence-corrected chi connectivity index (χ3v) is 2.46. The van der Waals surface area contributed by atoms with Gasteiger partial charge in [-0.2, -0.15) is 13.2 Å². The first-order chi connectivity index (χ1) is 5.94. The van der Waals surface area contributed by atoms with E-state index in [1.807, 2.05) is 6.92 Å². The number of alkyl halides is 3. The molecule has 0 unspecified atom stereocenters. The summed E-state index contributed by atoms with van der Waals surface area (Å²) in [6.07, 6.45) is -2.95. The highest BCUT2D eigenvalue weighted by atomic mass is 19.4. The number of nitrogens with one attached hydrogen (secondary N) is 1. The second-order valence-electron chi connectivity index (χ2n) is 3.49. The first-order valence-corrected chi connectivity index (χ1v) is 4.44. The number of allylic oxidation sites excluding steroid dienone is 1. The number of hydrogen-bond acceptors (Lipinski definition) is 1. The van der Waals surface area contributed by atoms with Gasteiger partial charge in [-0.25, -0.2) is 0 Å². The second-order valence-corrected chi connectivity index (χ2v) is 3.49. The average molecular weight is 193 g/mol. The summed E-state index contributed by atoms with van der Waals surface area (Å²) in [5, 5.41) is 2.73. The van der Waals surface area contributed by atoms with Crippen LogP contribution in [0.1, 0.15) is 26.2 Å². The second kappa shape index (κ2) is 3.24. The molecule has 0 heterocycles. The van der Waals surface area contributed by atoms with E-state index in [9.17, 15) is 13.2 Å². The molecule has 0 saturated heterocycles. The van der Waals surface area contributed by atoms with Crippen LogP contribution in [-0.2, 0) is 0 Å². The van der Waals surface area contributed by atoms with Gasteiger partial charge < -0.3 is 5.32 Å². The SMILES string of the molecule is C=C(NCCC)C1(C(F)(F)F)CC1. The molecule has 1 N–H and O–H groups in total. The maximum absolute atomic E-state index is 12.5. The quantitative estimate of drug-likeness (QED) is 0.723. The fourth-order valence-corrected chi connectivity index (χ4v) is 1.33. The molecule has 1 aliphatic rings. The van der Waals surface area contributed by atoms with Gasteiger partial charge in [0.25, 0.3) is 0 Å². The Bertz CT molecular complexity index is 203. The van der Waals surface area contributed by atoms with Crippen LogP contribution in [0.15, 0.2) is 12.3 Å². The van der Waals surface area contributed by atoms with E-state index in [2.05, 4.69) is 11.9 Å². The van der Waals surface area contributed by atoms with Gasteiger partial charge in [0.1, 0.15) is 5.41 Å². The summed E-state index contributed by atoms with van der Waals surface area (Å²) < 4.78 is 37.4. The van der Waals surface area contributed by atoms with Crippen molar-refractivity contribution in [2.45, 2.75) is 32.4 Å². The van der Waals surface area contributed by atoms with Crippen molar-refractivity contribution in [3.63, 3.8) is 0 Å². The molecule has 0 amide bonds. The monoisotopic (exact) mass is 193 g/mol. The van der Waals surface area contributed by atoms with Crippen molar-refractivity contribution in [3.05, 3.63) is 12.3 Å². The van der Waals surface area contributed by atoms with Crippen LogP contribution in [0.3, 0.4) is 0 Å². The summed E-state index contributed by atoms with van der Waals surface area (Å²) in [7, 11) is 0. The van der Waals surface area contributed by atoms with Gasteiger partial charge in [0.05, 0.1) is 0 Å². The Kier molecular flexibility index (Phi) is 2.59. The summed E-state index contributed by atoms with van der Waals surface area (Å²) in [5.41, 5.74) is -1.47. The fourth-order valence-electron chi connectivity index (χ4n) is 1.33. The smallest absolute Gasteiger partial charge is 0.388 e. The van der Waals surface area contributed by atoms with Gasteiger partial charge in [-0.1, -0.05) is 13.5 Å². The zero-order chi connectivity index (χ0) is 10.1. The molecular formula is C9H14F3N. The predicted molar refractivity (Wildman–Crippen MR) is 45.2 cm³/mol. The van der Waals surface area contributed by atoms with Gasteiger partial charge in [0, 0.05) is 12.2 Å². The molecule has 1 saturated carbocycles. The molecule has 0 bridgehead atoms. The highest BCUT2D eigenvalue weighted by molar-refractivity contribution is 5.20. The van der Waals surface area contributed by atoms with E-state index in [1.165, 1.54) is 0 Å². The summed E-state index contributed by atoms with van der Waals surface area (Å²) in [4.78, 5) is 0. The molecule has 0 spiro atoms. The third kappa shape index (κ3) is 1.81. The molecule has 0 aliphatic heterocycles. The first-order valence-electron chi connectivity index (χ1n) is 4.44. The molecule has 1 fully saturated rings. The number of halogens is 3. The van der Waals surface area contributed by atoms with Gasteiger partial charge >= 0.3 is 6.18 Å². The Morgan fingerprint density at radius 2 is 2.00 bits per heavy atom. The molecule has 0 atom stereocenters. The van der Waals surface area contributed by atoms with Crippen molar-refractivity contribution in [2.24, 2.45) is 5.41 Å². The minimum atomic E-state index is -4.13. The molecule has 0 radical (unpaired) electrons. The van der Waals surface area contributed by atoms with Crippen LogP contribution in [0, 0.1) is 5.41 Å². The summed E-state index contributed by atoms with van der Waals surface area (Å²) in [5.74, 6) is 0. The molecule has 13 heavy (non-hydrogen) atoms. The fraction of sp³-hybridized carbons (Fsp3) is 0.778. The van der Waals surface area contributed by atoms with Gasteiger partial charge in [-0.3, -0.25) is 0 Å². The van der Waals surface area contributed by atoms with Crippen molar-refractivity contribution in [1.29, 1.82) is 0 Å². The third-order valence-electron chi connectivity index (χ3n) is 2.46. The standard InChI is InChI=1S/C9H14F3N/c1-3-6-13-7(2)8(4-5-8)9(10,11)12/h13H,2-6H2,1H3. The molecule has 4 heteroatoms. The molecule has 1 aliphatic carbocycles. The summed E-state index contributed by atoms with van der Waals surface area (Å²) in [6, 6.07) is 0. The van der Waals surface area contributed by atoms with Gasteiger partial charge in [0.15, 0.2) is 0 Å². The molecule has 0 aromatic heterocycles. The van der Waals surface area contributed by atoms with E-state index in [1.54, 1.807) is 0 Å². The molecule has 1 rings (SSSR count). The van der Waals surface area contributed by atoms with Crippen LogP contribution in [0.25, 0.3) is 0 Å². The van der Waals surface area contributed by atoms with E-state index in [0.717, 1.165) is 6.42 Å². The van der Waals surface area contributed by atoms with Crippen molar-refractivity contribution in [1.82, 2.24) is 5.32 Å². The number of rotatable bonds is 4. The Balaban J connectivity index is 2.56. The normalized spacial score (nSPS) is 19.7. The Hall–Kier alpha value is -0.670. The summed E-state index contributed by atoms with van der Waals surface area (Å²) >= 11 is 0. The molecule has 76 valence electrons. The lowest BCUT2D eigenvalue weighted by Gasteiger charge is -2.22.